The second-order valence-electron chi connectivity index (χ2n) is 9.04. The van der Waals surface area contributed by atoms with E-state index in [1.807, 2.05) is 56.9 Å². The van der Waals surface area contributed by atoms with Gasteiger partial charge in [-0.25, -0.2) is 0 Å². The van der Waals surface area contributed by atoms with E-state index in [4.69, 9.17) is 0 Å². The number of nitrogens with zero attached hydrogens (tertiary/aromatic N) is 3. The molecule has 0 bridgehead atoms. The molecule has 1 aromatic carbocycles. The normalized spacial score (nSPS) is 13.4. The third-order valence-electron chi connectivity index (χ3n) is 5.30. The first kappa shape index (κ1) is 36.1. The summed E-state index contributed by atoms with van der Waals surface area (Å²) in [5.41, 5.74) is 1.39. The van der Waals surface area contributed by atoms with E-state index in [9.17, 15) is 26.3 Å². The lowest BCUT2D eigenvalue weighted by molar-refractivity contribution is -0.136. The van der Waals surface area contributed by atoms with Gasteiger partial charge in [-0.2, -0.15) is 31.4 Å². The predicted molar refractivity (Wildman–Crippen MR) is 152 cm³/mol. The highest BCUT2D eigenvalue weighted by Crippen LogP contribution is 2.30. The lowest BCUT2D eigenvalue weighted by Gasteiger charge is -2.30. The van der Waals surface area contributed by atoms with Gasteiger partial charge in [0, 0.05) is 31.3 Å². The molecule has 0 heterocycles. The van der Waals surface area contributed by atoms with Gasteiger partial charge in [-0.1, -0.05) is 51.4 Å². The number of benzene rings is 1. The summed E-state index contributed by atoms with van der Waals surface area (Å²) in [6, 6.07) is 7.35. The Morgan fingerprint density at radius 3 is 2.21 bits per heavy atom. The standard InChI is InChI=1S/C25H38F6N4S.C2H6/c1-7-15-34(16-10-13-24(26,27)28)17-14-32-35(8-2)20(3)21-11-9-12-22(18-21)23(4,5)33-36(6)19-25(29,30)31;1-2/h9,11-12,14,18,33H,3,6-8,10,13,15-17,19H2,1-2,4-5H3;1-2H3/b32-14+;. The molecule has 38 heavy (non-hydrogen) atoms. The Bertz CT molecular complexity index is 881. The fourth-order valence-corrected chi connectivity index (χ4v) is 4.90. The first-order valence-corrected chi connectivity index (χ1v) is 14.4. The van der Waals surface area contributed by atoms with E-state index in [1.165, 1.54) is 0 Å². The molecule has 220 valence electrons. The van der Waals surface area contributed by atoms with E-state index in [2.05, 4.69) is 22.3 Å². The van der Waals surface area contributed by atoms with Crippen LogP contribution >= 0.6 is 10.7 Å². The number of hydrogen-bond acceptors (Lipinski definition) is 4. The molecule has 0 saturated heterocycles. The van der Waals surface area contributed by atoms with Crippen molar-refractivity contribution in [1.29, 1.82) is 0 Å². The summed E-state index contributed by atoms with van der Waals surface area (Å²) in [6.45, 7) is 17.5. The molecule has 1 N–H and O–H groups in total. The third kappa shape index (κ3) is 14.9. The second kappa shape index (κ2) is 17.0. The maximum Gasteiger partial charge on any atom is 0.398 e. The molecular formula is C27H44F6N4S. The molecule has 1 aromatic rings. The molecule has 0 aromatic heterocycles. The molecule has 0 aliphatic rings. The number of rotatable bonds is 15. The van der Waals surface area contributed by atoms with Crippen LogP contribution in [-0.4, -0.2) is 66.3 Å². The minimum absolute atomic E-state index is 0.0375. The Morgan fingerprint density at radius 2 is 1.68 bits per heavy atom. The van der Waals surface area contributed by atoms with Crippen LogP contribution in [0.5, 0.6) is 0 Å². The first-order valence-electron chi connectivity index (χ1n) is 12.8. The molecule has 11 heteroatoms. The van der Waals surface area contributed by atoms with Crippen LogP contribution in [0.3, 0.4) is 0 Å². The SMILES string of the molecule is C=C(c1cccc(C(C)(C)NS(=C)CC(F)(F)F)c1)N(CC)/N=C/CN(CCC)CCCC(F)(F)F.CC. The summed E-state index contributed by atoms with van der Waals surface area (Å²) in [7, 11) is -1.30. The summed E-state index contributed by atoms with van der Waals surface area (Å²) in [5, 5.41) is 6.16. The highest BCUT2D eigenvalue weighted by Gasteiger charge is 2.31. The largest absolute Gasteiger partial charge is 0.398 e. The first-order chi connectivity index (χ1) is 17.6. The Balaban J connectivity index is 0.00000667. The van der Waals surface area contributed by atoms with Crippen molar-refractivity contribution in [3.8, 4) is 0 Å². The van der Waals surface area contributed by atoms with Crippen LogP contribution in [-0.2, 0) is 5.54 Å². The fraction of sp³-hybridized carbons (Fsp3) is 0.630. The smallest absolute Gasteiger partial charge is 0.298 e. The van der Waals surface area contributed by atoms with E-state index >= 15 is 0 Å². The molecule has 0 aliphatic carbocycles. The molecule has 1 unspecified atom stereocenters. The van der Waals surface area contributed by atoms with Gasteiger partial charge in [0.15, 0.2) is 0 Å². The fourth-order valence-electron chi connectivity index (χ4n) is 3.60. The topological polar surface area (TPSA) is 30.9 Å². The number of hydrogen-bond donors (Lipinski definition) is 1. The second-order valence-corrected chi connectivity index (χ2v) is 10.5. The molecule has 0 radical (unpaired) electrons. The minimum atomic E-state index is -4.30. The Labute approximate surface area is 227 Å². The molecular weight excluding hydrogens is 526 g/mol. The number of alkyl halides is 6. The van der Waals surface area contributed by atoms with E-state index in [0.717, 1.165) is 17.5 Å². The van der Waals surface area contributed by atoms with Crippen LogP contribution in [0.15, 0.2) is 35.9 Å². The van der Waals surface area contributed by atoms with E-state index in [0.29, 0.717) is 31.9 Å². The highest BCUT2D eigenvalue weighted by atomic mass is 32.2. The molecule has 4 nitrogen and oxygen atoms in total. The lowest BCUT2D eigenvalue weighted by Crippen LogP contribution is -2.34. The van der Waals surface area contributed by atoms with Crippen LogP contribution in [0.2, 0.25) is 0 Å². The molecule has 0 fully saturated rings. The van der Waals surface area contributed by atoms with Gasteiger partial charge in [-0.15, -0.1) is 10.7 Å². The summed E-state index contributed by atoms with van der Waals surface area (Å²) >= 11 is 0. The third-order valence-corrected chi connectivity index (χ3v) is 6.78. The van der Waals surface area contributed by atoms with Gasteiger partial charge < -0.3 is 0 Å². The number of halogens is 6. The van der Waals surface area contributed by atoms with E-state index in [-0.39, 0.29) is 6.42 Å². The molecule has 0 amide bonds. The van der Waals surface area contributed by atoms with Crippen LogP contribution < -0.4 is 4.72 Å². The molecule has 0 saturated carbocycles. The lowest BCUT2D eigenvalue weighted by atomic mass is 9.93. The van der Waals surface area contributed by atoms with Crippen molar-refractivity contribution in [2.75, 3.05) is 31.9 Å². The van der Waals surface area contributed by atoms with Crippen LogP contribution in [0.4, 0.5) is 26.3 Å². The number of nitrogens with one attached hydrogen (secondary N) is 1. The van der Waals surface area contributed by atoms with Gasteiger partial charge in [0.05, 0.1) is 11.4 Å². The van der Waals surface area contributed by atoms with Crippen molar-refractivity contribution >= 4 is 28.5 Å². The van der Waals surface area contributed by atoms with Crippen molar-refractivity contribution in [2.24, 2.45) is 5.10 Å². The van der Waals surface area contributed by atoms with Gasteiger partial charge >= 0.3 is 12.4 Å². The average molecular weight is 571 g/mol. The minimum Gasteiger partial charge on any atom is -0.298 e. The maximum atomic E-state index is 12.7. The summed E-state index contributed by atoms with van der Waals surface area (Å²) < 4.78 is 78.6. The van der Waals surface area contributed by atoms with Crippen molar-refractivity contribution in [3.05, 3.63) is 42.0 Å². The van der Waals surface area contributed by atoms with Crippen molar-refractivity contribution < 1.29 is 26.3 Å². The summed E-state index contributed by atoms with van der Waals surface area (Å²) in [5.74, 6) is 2.61. The van der Waals surface area contributed by atoms with Crippen LogP contribution in [0, 0.1) is 0 Å². The van der Waals surface area contributed by atoms with Gasteiger partial charge in [-0.3, -0.25) is 14.6 Å². The maximum absolute atomic E-state index is 12.7. The zero-order valence-corrected chi connectivity index (χ0v) is 24.3. The molecule has 0 spiro atoms. The molecule has 1 atom stereocenters. The quantitative estimate of drug-likeness (QED) is 0.100. The summed E-state index contributed by atoms with van der Waals surface area (Å²) in [6.07, 6.45) is -6.74. The van der Waals surface area contributed by atoms with Crippen molar-refractivity contribution in [2.45, 2.75) is 78.7 Å². The van der Waals surface area contributed by atoms with Crippen LogP contribution in [0.25, 0.3) is 5.70 Å². The molecule has 0 aliphatic heterocycles. The zero-order chi connectivity index (χ0) is 29.6. The molecule has 1 rings (SSSR count). The number of hydrazone groups is 1. The average Bonchev–Trinajstić information content (AvgIpc) is 2.80. The van der Waals surface area contributed by atoms with Crippen molar-refractivity contribution in [3.63, 3.8) is 0 Å². The Kier molecular flexibility index (Phi) is 16.1. The van der Waals surface area contributed by atoms with Gasteiger partial charge in [0.2, 0.25) is 0 Å². The van der Waals surface area contributed by atoms with Gasteiger partial charge in [0.25, 0.3) is 0 Å². The van der Waals surface area contributed by atoms with Crippen molar-refractivity contribution in [1.82, 2.24) is 14.6 Å². The Hall–Kier alpha value is -1.85. The van der Waals surface area contributed by atoms with E-state index in [1.54, 1.807) is 25.1 Å². The highest BCUT2D eigenvalue weighted by molar-refractivity contribution is 8.12. The summed E-state index contributed by atoms with van der Waals surface area (Å²) in [4.78, 5) is 1.93. The van der Waals surface area contributed by atoms with Gasteiger partial charge in [-0.05, 0) is 63.9 Å². The van der Waals surface area contributed by atoms with E-state index < -0.39 is 40.7 Å². The van der Waals surface area contributed by atoms with Crippen LogP contribution in [0.1, 0.15) is 71.9 Å². The Morgan fingerprint density at radius 1 is 1.05 bits per heavy atom. The van der Waals surface area contributed by atoms with Gasteiger partial charge in [0.1, 0.15) is 0 Å². The predicted octanol–water partition coefficient (Wildman–Crippen LogP) is 8.05. The zero-order valence-electron chi connectivity index (χ0n) is 23.5. The monoisotopic (exact) mass is 570 g/mol.